The van der Waals surface area contributed by atoms with Crippen LogP contribution >= 0.6 is 0 Å². The molecule has 1 aliphatic rings. The predicted octanol–water partition coefficient (Wildman–Crippen LogP) is 3.19. The average Bonchev–Trinajstić information content (AvgIpc) is 1.94. The summed E-state index contributed by atoms with van der Waals surface area (Å²) in [7, 11) is 0. The lowest BCUT2D eigenvalue weighted by Crippen LogP contribution is -2.00. The average molecular weight is 151 g/mol. The summed E-state index contributed by atoms with van der Waals surface area (Å²) in [6.45, 7) is 0. The normalized spacial score (nSPS) is 27.8. The largest absolute Gasteiger partial charge is 0.0881 e. The maximum Gasteiger partial charge on any atom is 0.0555 e. The minimum Gasteiger partial charge on any atom is -0.0881 e. The van der Waals surface area contributed by atoms with E-state index in [1.807, 2.05) is 6.08 Å². The summed E-state index contributed by atoms with van der Waals surface area (Å²) in [6.07, 6.45) is 10.0. The monoisotopic (exact) mass is 151 g/mol. The molecule has 0 radical (unpaired) electrons. The molecule has 1 unspecified atom stereocenters. The quantitative estimate of drug-likeness (QED) is 0.239. The molecule has 0 aromatic heterocycles. The Balaban J connectivity index is 2.47. The van der Waals surface area contributed by atoms with E-state index in [2.05, 4.69) is 16.1 Å². The van der Waals surface area contributed by atoms with Crippen molar-refractivity contribution in [3.63, 3.8) is 0 Å². The van der Waals surface area contributed by atoms with E-state index < -0.39 is 0 Å². The van der Waals surface area contributed by atoms with Crippen LogP contribution in [0.3, 0.4) is 0 Å². The molecule has 1 aliphatic carbocycles. The van der Waals surface area contributed by atoms with Gasteiger partial charge in [-0.2, -0.15) is 0 Å². The molecular formula is C8H13N3. The third kappa shape index (κ3) is 3.10. The molecule has 3 nitrogen and oxygen atoms in total. The molecule has 0 heterocycles. The Hall–Kier alpha value is -0.950. The van der Waals surface area contributed by atoms with E-state index in [9.17, 15) is 0 Å². The summed E-state index contributed by atoms with van der Waals surface area (Å²) >= 11 is 0. The molecule has 0 aromatic carbocycles. The van der Waals surface area contributed by atoms with Crippen LogP contribution in [0.25, 0.3) is 10.4 Å². The second-order valence-electron chi connectivity index (χ2n) is 2.84. The molecule has 1 atom stereocenters. The van der Waals surface area contributed by atoms with Crippen molar-refractivity contribution in [1.82, 2.24) is 0 Å². The molecule has 0 aliphatic heterocycles. The van der Waals surface area contributed by atoms with Crippen molar-refractivity contribution in [2.75, 3.05) is 0 Å². The summed E-state index contributed by atoms with van der Waals surface area (Å²) in [4.78, 5) is 2.81. The van der Waals surface area contributed by atoms with Crippen LogP contribution in [0, 0.1) is 0 Å². The minimum absolute atomic E-state index is 0.111. The van der Waals surface area contributed by atoms with Crippen LogP contribution in [-0.2, 0) is 0 Å². The highest BCUT2D eigenvalue weighted by Gasteiger charge is 2.02. The molecule has 0 fully saturated rings. The fraction of sp³-hybridized carbons (Fsp3) is 0.750. The summed E-state index contributed by atoms with van der Waals surface area (Å²) in [5.74, 6) is 0. The first-order valence-electron chi connectivity index (χ1n) is 4.14. The second kappa shape index (κ2) is 4.80. The van der Waals surface area contributed by atoms with Gasteiger partial charge in [-0.3, -0.25) is 0 Å². The highest BCUT2D eigenvalue weighted by atomic mass is 15.1. The van der Waals surface area contributed by atoms with Crippen LogP contribution in [0.2, 0.25) is 0 Å². The fourth-order valence-corrected chi connectivity index (χ4v) is 1.30. The zero-order valence-corrected chi connectivity index (χ0v) is 6.61. The summed E-state index contributed by atoms with van der Waals surface area (Å²) < 4.78 is 0. The Bertz CT molecular complexity index is 180. The van der Waals surface area contributed by atoms with Crippen LogP contribution in [0.5, 0.6) is 0 Å². The lowest BCUT2D eigenvalue weighted by Gasteiger charge is -2.08. The molecule has 11 heavy (non-hydrogen) atoms. The van der Waals surface area contributed by atoms with Crippen LogP contribution in [0.1, 0.15) is 32.1 Å². The number of hydrogen-bond acceptors (Lipinski definition) is 1. The summed E-state index contributed by atoms with van der Waals surface area (Å²) in [6, 6.07) is 0.111. The van der Waals surface area contributed by atoms with Gasteiger partial charge in [-0.15, -0.1) is 0 Å². The molecule has 0 saturated heterocycles. The Morgan fingerprint density at radius 2 is 2.27 bits per heavy atom. The van der Waals surface area contributed by atoms with E-state index in [0.717, 1.165) is 12.8 Å². The first-order valence-corrected chi connectivity index (χ1v) is 4.14. The van der Waals surface area contributed by atoms with Gasteiger partial charge < -0.3 is 0 Å². The van der Waals surface area contributed by atoms with E-state index in [-0.39, 0.29) is 6.04 Å². The van der Waals surface area contributed by atoms with Crippen molar-refractivity contribution in [1.29, 1.82) is 0 Å². The maximum atomic E-state index is 8.21. The van der Waals surface area contributed by atoms with Crippen molar-refractivity contribution in [2.24, 2.45) is 5.11 Å². The SMILES string of the molecule is [N-]=[N+]=NC1/C=C\CCCCC1. The highest BCUT2D eigenvalue weighted by Crippen LogP contribution is 2.13. The zero-order valence-electron chi connectivity index (χ0n) is 6.61. The lowest BCUT2D eigenvalue weighted by atomic mass is 10.0. The van der Waals surface area contributed by atoms with Crippen molar-refractivity contribution >= 4 is 0 Å². The number of hydrogen-bond donors (Lipinski definition) is 0. The second-order valence-corrected chi connectivity index (χ2v) is 2.84. The lowest BCUT2D eigenvalue weighted by molar-refractivity contribution is 0.592. The van der Waals surface area contributed by atoms with Gasteiger partial charge in [0.25, 0.3) is 0 Å². The van der Waals surface area contributed by atoms with E-state index in [0.29, 0.717) is 0 Å². The number of azide groups is 1. The van der Waals surface area contributed by atoms with Crippen molar-refractivity contribution in [3.05, 3.63) is 22.6 Å². The first kappa shape index (κ1) is 8.15. The fourth-order valence-electron chi connectivity index (χ4n) is 1.30. The standard InChI is InChI=1S/C8H13N3/c9-11-10-8-6-4-2-1-3-5-7-8/h4,6,8H,1-3,5,7H2/b6-4-. The molecule has 1 rings (SSSR count). The molecule has 0 saturated carbocycles. The Kier molecular flexibility index (Phi) is 3.56. The van der Waals surface area contributed by atoms with Gasteiger partial charge in [0, 0.05) is 4.91 Å². The van der Waals surface area contributed by atoms with Gasteiger partial charge in [0.05, 0.1) is 6.04 Å². The first-order chi connectivity index (χ1) is 5.43. The summed E-state index contributed by atoms with van der Waals surface area (Å²) in [5.41, 5.74) is 8.21. The maximum absolute atomic E-state index is 8.21. The minimum atomic E-state index is 0.111. The van der Waals surface area contributed by atoms with Crippen LogP contribution in [0.15, 0.2) is 17.3 Å². The molecule has 0 aromatic rings. The molecule has 60 valence electrons. The molecule has 0 bridgehead atoms. The molecule has 0 N–H and O–H groups in total. The van der Waals surface area contributed by atoms with Gasteiger partial charge in [0.15, 0.2) is 0 Å². The van der Waals surface area contributed by atoms with Crippen LogP contribution in [-0.4, -0.2) is 6.04 Å². The molecular weight excluding hydrogens is 138 g/mol. The van der Waals surface area contributed by atoms with Crippen molar-refractivity contribution < 1.29 is 0 Å². The van der Waals surface area contributed by atoms with Crippen LogP contribution in [0.4, 0.5) is 0 Å². The predicted molar refractivity (Wildman–Crippen MR) is 45.2 cm³/mol. The number of nitrogens with zero attached hydrogens (tertiary/aromatic N) is 3. The van der Waals surface area contributed by atoms with E-state index >= 15 is 0 Å². The van der Waals surface area contributed by atoms with Crippen LogP contribution < -0.4 is 0 Å². The number of allylic oxidation sites excluding steroid dienone is 1. The Morgan fingerprint density at radius 1 is 1.36 bits per heavy atom. The topological polar surface area (TPSA) is 48.8 Å². The van der Waals surface area contributed by atoms with E-state index in [1.54, 1.807) is 0 Å². The molecule has 0 amide bonds. The molecule has 0 spiro atoms. The van der Waals surface area contributed by atoms with Crippen molar-refractivity contribution in [2.45, 2.75) is 38.1 Å². The van der Waals surface area contributed by atoms with Gasteiger partial charge in [0.2, 0.25) is 0 Å². The highest BCUT2D eigenvalue weighted by molar-refractivity contribution is 4.94. The van der Waals surface area contributed by atoms with Gasteiger partial charge in [-0.25, -0.2) is 0 Å². The Morgan fingerprint density at radius 3 is 3.09 bits per heavy atom. The summed E-state index contributed by atoms with van der Waals surface area (Å²) in [5, 5.41) is 3.68. The van der Waals surface area contributed by atoms with Crippen molar-refractivity contribution in [3.8, 4) is 0 Å². The van der Waals surface area contributed by atoms with Gasteiger partial charge in [-0.1, -0.05) is 30.1 Å². The third-order valence-electron chi connectivity index (χ3n) is 1.93. The van der Waals surface area contributed by atoms with Gasteiger partial charge in [-0.05, 0) is 24.8 Å². The third-order valence-corrected chi connectivity index (χ3v) is 1.93. The smallest absolute Gasteiger partial charge is 0.0555 e. The van der Waals surface area contributed by atoms with E-state index in [1.165, 1.54) is 19.3 Å². The Labute approximate surface area is 66.7 Å². The number of rotatable bonds is 1. The van der Waals surface area contributed by atoms with E-state index in [4.69, 9.17) is 5.53 Å². The zero-order chi connectivity index (χ0) is 7.94. The molecule has 3 heteroatoms. The van der Waals surface area contributed by atoms with Gasteiger partial charge in [0.1, 0.15) is 0 Å². The van der Waals surface area contributed by atoms with Gasteiger partial charge >= 0.3 is 0 Å².